The van der Waals surface area contributed by atoms with Crippen LogP contribution >= 0.6 is 22.9 Å². The fraction of sp³-hybridized carbons (Fsp3) is 0.667. The normalized spacial score (nSPS) is 20.6. The van der Waals surface area contributed by atoms with Crippen molar-refractivity contribution in [2.24, 2.45) is 0 Å². The van der Waals surface area contributed by atoms with E-state index >= 15 is 0 Å². The second-order valence-corrected chi connectivity index (χ2v) is 8.64. The van der Waals surface area contributed by atoms with Crippen LogP contribution in [0.4, 0.5) is 0 Å². The number of hydrogen-bond acceptors (Lipinski definition) is 4. The molecule has 108 valence electrons. The molecule has 7 heteroatoms. The van der Waals surface area contributed by atoms with Crippen molar-refractivity contribution in [3.8, 4) is 0 Å². The molecule has 0 aliphatic carbocycles. The SMILES string of the molecule is CCC(C)N1CCN(S(=O)(=O)c2ccc(Cl)s2)CC1. The molecule has 0 aromatic carbocycles. The van der Waals surface area contributed by atoms with Crippen molar-refractivity contribution in [3.63, 3.8) is 0 Å². The third-order valence-electron chi connectivity index (χ3n) is 3.63. The van der Waals surface area contributed by atoms with Crippen LogP contribution in [0.2, 0.25) is 4.34 Å². The Bertz CT molecular complexity index is 522. The molecule has 0 N–H and O–H groups in total. The van der Waals surface area contributed by atoms with E-state index in [9.17, 15) is 8.42 Å². The Hall–Kier alpha value is -0.140. The van der Waals surface area contributed by atoms with Crippen LogP contribution in [0.5, 0.6) is 0 Å². The molecule has 4 nitrogen and oxygen atoms in total. The number of halogens is 1. The largest absolute Gasteiger partial charge is 0.298 e. The third kappa shape index (κ3) is 3.31. The van der Waals surface area contributed by atoms with Gasteiger partial charge in [0, 0.05) is 32.2 Å². The number of nitrogens with zero attached hydrogens (tertiary/aromatic N) is 2. The van der Waals surface area contributed by atoms with Crippen molar-refractivity contribution in [1.82, 2.24) is 9.21 Å². The number of sulfonamides is 1. The van der Waals surface area contributed by atoms with E-state index in [-0.39, 0.29) is 0 Å². The van der Waals surface area contributed by atoms with Gasteiger partial charge in [0.25, 0.3) is 10.0 Å². The molecule has 0 spiro atoms. The number of piperazine rings is 1. The lowest BCUT2D eigenvalue weighted by Crippen LogP contribution is -2.50. The van der Waals surface area contributed by atoms with Gasteiger partial charge in [-0.2, -0.15) is 4.31 Å². The summed E-state index contributed by atoms with van der Waals surface area (Å²) >= 11 is 6.94. The zero-order chi connectivity index (χ0) is 14.0. The zero-order valence-corrected chi connectivity index (χ0v) is 13.6. The molecule has 0 amide bonds. The van der Waals surface area contributed by atoms with Gasteiger partial charge in [-0.3, -0.25) is 4.90 Å². The molecule has 1 aromatic rings. The van der Waals surface area contributed by atoms with Gasteiger partial charge in [-0.05, 0) is 25.5 Å². The quantitative estimate of drug-likeness (QED) is 0.855. The predicted molar refractivity (Wildman–Crippen MR) is 79.4 cm³/mol. The lowest BCUT2D eigenvalue weighted by molar-refractivity contribution is 0.143. The van der Waals surface area contributed by atoms with Crippen LogP contribution < -0.4 is 0 Å². The monoisotopic (exact) mass is 322 g/mol. The second kappa shape index (κ2) is 6.10. The highest BCUT2D eigenvalue weighted by Crippen LogP contribution is 2.28. The summed E-state index contributed by atoms with van der Waals surface area (Å²) in [5, 5.41) is 0. The fourth-order valence-corrected chi connectivity index (χ4v) is 5.27. The van der Waals surface area contributed by atoms with Gasteiger partial charge in [0.05, 0.1) is 4.34 Å². The summed E-state index contributed by atoms with van der Waals surface area (Å²) < 4.78 is 27.2. The van der Waals surface area contributed by atoms with Crippen molar-refractivity contribution in [2.75, 3.05) is 26.2 Å². The van der Waals surface area contributed by atoms with Crippen molar-refractivity contribution >= 4 is 33.0 Å². The molecule has 0 radical (unpaired) electrons. The van der Waals surface area contributed by atoms with Crippen LogP contribution in [-0.2, 0) is 10.0 Å². The standard InChI is InChI=1S/C12H19ClN2O2S2/c1-3-10(2)14-6-8-15(9-7-14)19(16,17)12-5-4-11(13)18-12/h4-5,10H,3,6-9H2,1-2H3. The van der Waals surface area contributed by atoms with Crippen molar-refractivity contribution in [3.05, 3.63) is 16.5 Å². The highest BCUT2D eigenvalue weighted by molar-refractivity contribution is 7.91. The molecule has 1 aliphatic rings. The van der Waals surface area contributed by atoms with Crippen LogP contribution in [0.3, 0.4) is 0 Å². The van der Waals surface area contributed by atoms with Gasteiger partial charge in [-0.15, -0.1) is 11.3 Å². The topological polar surface area (TPSA) is 40.6 Å². The van der Waals surface area contributed by atoms with Crippen LogP contribution in [0.15, 0.2) is 16.3 Å². The highest BCUT2D eigenvalue weighted by Gasteiger charge is 2.30. The number of rotatable bonds is 4. The minimum absolute atomic E-state index is 0.342. The number of hydrogen-bond donors (Lipinski definition) is 0. The summed E-state index contributed by atoms with van der Waals surface area (Å²) in [5.74, 6) is 0. The van der Waals surface area contributed by atoms with Crippen molar-refractivity contribution in [1.29, 1.82) is 0 Å². The predicted octanol–water partition coefficient (Wildman–Crippen LogP) is 2.51. The first-order valence-corrected chi connectivity index (χ1v) is 9.08. The van der Waals surface area contributed by atoms with Crippen LogP contribution in [0, 0.1) is 0 Å². The molecule has 1 atom stereocenters. The van der Waals surface area contributed by atoms with E-state index in [4.69, 9.17) is 11.6 Å². The molecule has 2 rings (SSSR count). The van der Waals surface area contributed by atoms with E-state index in [1.54, 1.807) is 16.4 Å². The first-order valence-electron chi connectivity index (χ1n) is 6.44. The summed E-state index contributed by atoms with van der Waals surface area (Å²) in [4.78, 5) is 2.34. The Morgan fingerprint density at radius 1 is 1.32 bits per heavy atom. The molecule has 1 fully saturated rings. The highest BCUT2D eigenvalue weighted by atomic mass is 35.5. The van der Waals surface area contributed by atoms with Gasteiger partial charge in [0.15, 0.2) is 0 Å². The van der Waals surface area contributed by atoms with Gasteiger partial charge in [0.2, 0.25) is 0 Å². The van der Waals surface area contributed by atoms with E-state index in [2.05, 4.69) is 18.7 Å². The van der Waals surface area contributed by atoms with Crippen molar-refractivity contribution in [2.45, 2.75) is 30.5 Å². The van der Waals surface area contributed by atoms with E-state index in [1.807, 2.05) is 0 Å². The Balaban J connectivity index is 2.05. The van der Waals surface area contributed by atoms with E-state index in [0.717, 1.165) is 30.8 Å². The Morgan fingerprint density at radius 2 is 1.95 bits per heavy atom. The maximum atomic E-state index is 12.4. The Morgan fingerprint density at radius 3 is 2.42 bits per heavy atom. The average Bonchev–Trinajstić information content (AvgIpc) is 2.85. The van der Waals surface area contributed by atoms with Crippen LogP contribution in [0.1, 0.15) is 20.3 Å². The molecule has 1 aliphatic heterocycles. The smallest absolute Gasteiger partial charge is 0.252 e. The van der Waals surface area contributed by atoms with Crippen LogP contribution in [-0.4, -0.2) is 49.8 Å². The minimum Gasteiger partial charge on any atom is -0.298 e. The van der Waals surface area contributed by atoms with Crippen LogP contribution in [0.25, 0.3) is 0 Å². The fourth-order valence-electron chi connectivity index (χ4n) is 2.21. The van der Waals surface area contributed by atoms with Gasteiger partial charge in [-0.25, -0.2) is 8.42 Å². The molecule has 0 saturated carbocycles. The third-order valence-corrected chi connectivity index (χ3v) is 7.23. The summed E-state index contributed by atoms with van der Waals surface area (Å²) in [6.07, 6.45) is 1.09. The minimum atomic E-state index is -3.36. The van der Waals surface area contributed by atoms with Gasteiger partial charge >= 0.3 is 0 Å². The first-order chi connectivity index (χ1) is 8.95. The molecule has 2 heterocycles. The molecule has 0 bridgehead atoms. The summed E-state index contributed by atoms with van der Waals surface area (Å²) in [6.45, 7) is 7.05. The zero-order valence-electron chi connectivity index (χ0n) is 11.2. The van der Waals surface area contributed by atoms with E-state index < -0.39 is 10.0 Å². The molecular weight excluding hydrogens is 304 g/mol. The van der Waals surface area contributed by atoms with Crippen molar-refractivity contribution < 1.29 is 8.42 Å². The maximum absolute atomic E-state index is 12.4. The summed E-state index contributed by atoms with van der Waals surface area (Å²) in [7, 11) is -3.36. The first kappa shape index (κ1) is 15.3. The lowest BCUT2D eigenvalue weighted by atomic mass is 10.2. The average molecular weight is 323 g/mol. The Labute approximate surface area is 124 Å². The second-order valence-electron chi connectivity index (χ2n) is 4.76. The maximum Gasteiger partial charge on any atom is 0.252 e. The molecular formula is C12H19ClN2O2S2. The molecule has 1 saturated heterocycles. The van der Waals surface area contributed by atoms with E-state index in [1.165, 1.54) is 0 Å². The summed E-state index contributed by atoms with van der Waals surface area (Å²) in [6, 6.07) is 3.73. The lowest BCUT2D eigenvalue weighted by Gasteiger charge is -2.36. The molecule has 19 heavy (non-hydrogen) atoms. The Kier molecular flexibility index (Phi) is 4.89. The summed E-state index contributed by atoms with van der Waals surface area (Å²) in [5.41, 5.74) is 0. The van der Waals surface area contributed by atoms with E-state index in [0.29, 0.717) is 27.7 Å². The molecule has 1 aromatic heterocycles. The van der Waals surface area contributed by atoms with Gasteiger partial charge < -0.3 is 0 Å². The van der Waals surface area contributed by atoms with Gasteiger partial charge in [0.1, 0.15) is 4.21 Å². The molecule has 1 unspecified atom stereocenters. The number of thiophene rings is 1. The van der Waals surface area contributed by atoms with Gasteiger partial charge in [-0.1, -0.05) is 18.5 Å².